The molecule has 1 aliphatic carbocycles. The summed E-state index contributed by atoms with van der Waals surface area (Å²) in [7, 11) is 0. The Balaban J connectivity index is 1.90. The van der Waals surface area contributed by atoms with E-state index in [1.54, 1.807) is 6.08 Å². The van der Waals surface area contributed by atoms with E-state index >= 15 is 0 Å². The van der Waals surface area contributed by atoms with Gasteiger partial charge in [0.2, 0.25) is 5.91 Å². The highest BCUT2D eigenvalue weighted by Crippen LogP contribution is 2.25. The average Bonchev–Trinajstić information content (AvgIpc) is 3.11. The zero-order chi connectivity index (χ0) is 27.3. The fourth-order valence-electron chi connectivity index (χ4n) is 3.58. The van der Waals surface area contributed by atoms with Crippen molar-refractivity contribution in [3.63, 3.8) is 0 Å². The van der Waals surface area contributed by atoms with Crippen LogP contribution in [0.1, 0.15) is 12.8 Å². The molecule has 0 aliphatic heterocycles. The second kappa shape index (κ2) is 11.8. The summed E-state index contributed by atoms with van der Waals surface area (Å²) >= 11 is 12.2. The van der Waals surface area contributed by atoms with Gasteiger partial charge in [0.25, 0.3) is 0 Å². The van der Waals surface area contributed by atoms with E-state index in [9.17, 15) is 32.7 Å². The highest BCUT2D eigenvalue weighted by molar-refractivity contribution is 6.30. The molecule has 1 aromatic carbocycles. The van der Waals surface area contributed by atoms with Gasteiger partial charge in [-0.1, -0.05) is 35.4 Å². The number of nitrogens with one attached hydrogen (secondary N) is 2. The minimum Gasteiger partial charge on any atom is -0.382 e. The van der Waals surface area contributed by atoms with Crippen LogP contribution in [0.4, 0.5) is 18.0 Å². The molecule has 37 heavy (non-hydrogen) atoms. The van der Waals surface area contributed by atoms with Crippen LogP contribution in [0, 0.1) is 0 Å². The summed E-state index contributed by atoms with van der Waals surface area (Å²) in [6, 6.07) is 4.12. The van der Waals surface area contributed by atoms with Crippen molar-refractivity contribution in [2.75, 3.05) is 6.54 Å². The molecule has 0 saturated carbocycles. The van der Waals surface area contributed by atoms with Crippen LogP contribution in [0.2, 0.25) is 5.02 Å². The lowest BCUT2D eigenvalue weighted by Gasteiger charge is -2.23. The van der Waals surface area contributed by atoms with E-state index in [4.69, 9.17) is 28.9 Å². The van der Waals surface area contributed by atoms with Crippen molar-refractivity contribution in [1.29, 1.82) is 0 Å². The number of urea groups is 1. The number of carbonyl (C=O) groups is 2. The summed E-state index contributed by atoms with van der Waals surface area (Å²) in [5.74, 6) is -0.941. The van der Waals surface area contributed by atoms with Crippen LogP contribution < -0.4 is 22.1 Å². The lowest BCUT2D eigenvalue weighted by atomic mass is 9.99. The van der Waals surface area contributed by atoms with Gasteiger partial charge in [-0.05, 0) is 42.7 Å². The number of allylic oxidation sites excluding steroid dienone is 2. The molecule has 0 fully saturated rings. The first-order valence-corrected chi connectivity index (χ1v) is 11.7. The van der Waals surface area contributed by atoms with Crippen molar-refractivity contribution in [3.05, 3.63) is 62.5 Å². The Morgan fingerprint density at radius 2 is 1.89 bits per heavy atom. The first kappa shape index (κ1) is 28.3. The number of aromatic nitrogens is 3. The topological polar surface area (TPSA) is 144 Å². The van der Waals surface area contributed by atoms with Gasteiger partial charge in [0.15, 0.2) is 11.9 Å². The zero-order valence-corrected chi connectivity index (χ0v) is 20.6. The number of aliphatic hydroxyl groups excluding tert-OH is 1. The quantitative estimate of drug-likeness (QED) is 0.370. The van der Waals surface area contributed by atoms with Gasteiger partial charge in [-0.15, -0.1) is 5.10 Å². The van der Waals surface area contributed by atoms with E-state index in [-0.39, 0.29) is 17.9 Å². The first-order chi connectivity index (χ1) is 17.4. The smallest absolute Gasteiger partial charge is 0.382 e. The van der Waals surface area contributed by atoms with Gasteiger partial charge in [0.1, 0.15) is 6.54 Å². The molecule has 3 rings (SSSR count). The number of alkyl halides is 3. The van der Waals surface area contributed by atoms with Crippen molar-refractivity contribution < 1.29 is 27.9 Å². The Kier molecular flexibility index (Phi) is 9.05. The number of nitrogens with zero attached hydrogens (tertiary/aromatic N) is 3. The van der Waals surface area contributed by atoms with Gasteiger partial charge in [-0.2, -0.15) is 13.2 Å². The van der Waals surface area contributed by atoms with E-state index in [0.717, 1.165) is 0 Å². The normalized spacial score (nSPS) is 15.4. The minimum absolute atomic E-state index is 0.103. The molecule has 0 radical (unpaired) electrons. The minimum atomic E-state index is -4.99. The van der Waals surface area contributed by atoms with Crippen LogP contribution in [0.25, 0.3) is 11.4 Å². The van der Waals surface area contributed by atoms with Crippen LogP contribution in [-0.2, 0) is 17.9 Å². The summed E-state index contributed by atoms with van der Waals surface area (Å²) in [5.41, 5.74) is 4.86. The molecule has 200 valence electrons. The molecule has 0 bridgehead atoms. The van der Waals surface area contributed by atoms with Crippen molar-refractivity contribution in [3.8, 4) is 11.4 Å². The highest BCUT2D eigenvalue weighted by Gasteiger charge is 2.39. The maximum Gasteiger partial charge on any atom is 0.416 e. The molecule has 15 heteroatoms. The third kappa shape index (κ3) is 7.37. The fraction of sp³-hybridized carbons (Fsp3) is 0.364. The Bertz CT molecular complexity index is 1270. The molecule has 1 aromatic heterocycles. The maximum absolute atomic E-state index is 13.0. The molecular weight excluding hydrogens is 540 g/mol. The first-order valence-electron chi connectivity index (χ1n) is 10.9. The van der Waals surface area contributed by atoms with Gasteiger partial charge in [-0.25, -0.2) is 14.3 Å². The number of benzene rings is 1. The molecule has 3 amide bonds. The number of rotatable bonds is 9. The van der Waals surface area contributed by atoms with Gasteiger partial charge >= 0.3 is 17.9 Å². The Labute approximate surface area is 218 Å². The van der Waals surface area contributed by atoms with Crippen molar-refractivity contribution in [1.82, 2.24) is 25.0 Å². The van der Waals surface area contributed by atoms with Crippen LogP contribution in [0.15, 0.2) is 51.8 Å². The zero-order valence-electron chi connectivity index (χ0n) is 19.1. The average molecular weight is 563 g/mol. The molecule has 1 aliphatic rings. The predicted molar refractivity (Wildman–Crippen MR) is 130 cm³/mol. The Morgan fingerprint density at radius 1 is 1.22 bits per heavy atom. The number of nitrogens with two attached hydrogens (primary N) is 1. The van der Waals surface area contributed by atoms with Crippen molar-refractivity contribution in [2.24, 2.45) is 5.73 Å². The lowest BCUT2D eigenvalue weighted by Crippen LogP contribution is -2.47. The van der Waals surface area contributed by atoms with E-state index in [2.05, 4.69) is 15.7 Å². The van der Waals surface area contributed by atoms with Crippen LogP contribution in [-0.4, -0.2) is 56.3 Å². The monoisotopic (exact) mass is 562 g/mol. The van der Waals surface area contributed by atoms with E-state index in [1.807, 2.05) is 6.08 Å². The molecule has 0 saturated heterocycles. The van der Waals surface area contributed by atoms with Crippen molar-refractivity contribution in [2.45, 2.75) is 44.3 Å². The molecule has 10 nitrogen and oxygen atoms in total. The van der Waals surface area contributed by atoms with Crippen LogP contribution >= 0.6 is 23.2 Å². The summed E-state index contributed by atoms with van der Waals surface area (Å²) < 4.78 is 40.4. The Hall–Kier alpha value is -3.29. The molecular formula is C22H23Cl2F3N6O4. The van der Waals surface area contributed by atoms with E-state index < -0.39 is 49.0 Å². The highest BCUT2D eigenvalue weighted by atomic mass is 35.5. The van der Waals surface area contributed by atoms with Gasteiger partial charge < -0.3 is 21.5 Å². The largest absolute Gasteiger partial charge is 0.416 e. The van der Waals surface area contributed by atoms with Gasteiger partial charge in [0.05, 0.1) is 12.6 Å². The van der Waals surface area contributed by atoms with Crippen LogP contribution in [0.3, 0.4) is 0 Å². The molecule has 5 N–H and O–H groups in total. The molecule has 2 aromatic rings. The summed E-state index contributed by atoms with van der Waals surface area (Å²) in [6.07, 6.45) is -3.10. The van der Waals surface area contributed by atoms with E-state index in [0.29, 0.717) is 37.7 Å². The molecule has 1 unspecified atom stereocenters. The second-order valence-electron chi connectivity index (χ2n) is 8.11. The van der Waals surface area contributed by atoms with Gasteiger partial charge in [-0.3, -0.25) is 9.36 Å². The fourth-order valence-corrected chi connectivity index (χ4v) is 4.01. The molecule has 2 atom stereocenters. The second-order valence-corrected chi connectivity index (χ2v) is 9.00. The molecule has 1 heterocycles. The number of hydrogen-bond donors (Lipinski definition) is 4. The standard InChI is InChI=1S/C22H23Cl2F3N6O4/c23-13-7-5-12(6-8-13)19-31-33(21(37)32(19)10-17(34)22(25,26)27)11-18(35)30-16(9-29-20(28)36)14-3-1-2-4-15(14)24/h1,3,5-8,16-17,34H,2,4,9-11H2,(H,30,35)(H3,28,29,36)/t16?,17-/m0/s1. The number of amides is 3. The third-order valence-electron chi connectivity index (χ3n) is 5.38. The summed E-state index contributed by atoms with van der Waals surface area (Å²) in [5, 5.41) is 19.4. The van der Waals surface area contributed by atoms with Crippen LogP contribution in [0.5, 0.6) is 0 Å². The number of aliphatic hydroxyl groups is 1. The maximum atomic E-state index is 13.0. The number of carbonyl (C=O) groups excluding carboxylic acids is 2. The SMILES string of the molecule is NC(=O)NCC(NC(=O)Cn1nc(-c2ccc(Cl)cc2)n(C[C@H](O)C(F)(F)F)c1=O)C1=C(Cl)CCC=C1. The van der Waals surface area contributed by atoms with Crippen molar-refractivity contribution >= 4 is 35.1 Å². The molecule has 0 spiro atoms. The Morgan fingerprint density at radius 3 is 2.49 bits per heavy atom. The number of primary amides is 1. The summed E-state index contributed by atoms with van der Waals surface area (Å²) in [6.45, 7) is -1.91. The third-order valence-corrected chi connectivity index (χ3v) is 6.04. The lowest BCUT2D eigenvalue weighted by molar-refractivity contribution is -0.207. The van der Waals surface area contributed by atoms with Gasteiger partial charge in [0, 0.05) is 22.2 Å². The summed E-state index contributed by atoms with van der Waals surface area (Å²) in [4.78, 5) is 37.0. The van der Waals surface area contributed by atoms with E-state index in [1.165, 1.54) is 24.3 Å². The predicted octanol–water partition coefficient (Wildman–Crippen LogP) is 2.28. The number of hydrogen-bond acceptors (Lipinski definition) is 5. The number of halogens is 5.